The molecule has 0 aliphatic carbocycles. The predicted octanol–water partition coefficient (Wildman–Crippen LogP) is 4.33. The summed E-state index contributed by atoms with van der Waals surface area (Å²) in [5.41, 5.74) is 3.24. The average Bonchev–Trinajstić information content (AvgIpc) is 2.51. The minimum atomic E-state index is 0.910. The van der Waals surface area contributed by atoms with Gasteiger partial charge in [-0.15, -0.1) is 0 Å². The van der Waals surface area contributed by atoms with Gasteiger partial charge in [-0.05, 0) is 23.3 Å². The van der Waals surface area contributed by atoms with Gasteiger partial charge in [-0.25, -0.2) is 0 Å². The molecule has 0 aliphatic heterocycles. The third-order valence-electron chi connectivity index (χ3n) is 2.81. The van der Waals surface area contributed by atoms with Crippen molar-refractivity contribution in [2.24, 2.45) is 5.10 Å². The molecule has 0 aromatic heterocycles. The molecular formula is C19H20N2. The topological polar surface area (TPSA) is 15.6 Å². The van der Waals surface area contributed by atoms with Gasteiger partial charge in [0.25, 0.3) is 0 Å². The second kappa shape index (κ2) is 7.85. The Morgan fingerprint density at radius 2 is 1.19 bits per heavy atom. The molecule has 2 nitrogen and oxygen atoms in total. The standard InChI is InChI=1S/C19H20N2/c1-21(2)20-19(15-13-17-9-5-3-6-10-17)16-14-18-11-7-4-8-12-18/h3-16H,1-2H3/b15-13+,16-14+. The van der Waals surface area contributed by atoms with Gasteiger partial charge in [-0.2, -0.15) is 5.10 Å². The highest BCUT2D eigenvalue weighted by molar-refractivity contribution is 6.08. The lowest BCUT2D eigenvalue weighted by Gasteiger charge is -2.05. The van der Waals surface area contributed by atoms with E-state index in [1.807, 2.05) is 62.6 Å². The van der Waals surface area contributed by atoms with Crippen molar-refractivity contribution < 1.29 is 0 Å². The molecule has 0 fully saturated rings. The normalized spacial score (nSPS) is 11.0. The molecule has 0 atom stereocenters. The van der Waals surface area contributed by atoms with Crippen molar-refractivity contribution in [2.75, 3.05) is 14.1 Å². The van der Waals surface area contributed by atoms with Gasteiger partial charge < -0.3 is 5.01 Å². The first-order valence-electron chi connectivity index (χ1n) is 6.96. The summed E-state index contributed by atoms with van der Waals surface area (Å²) in [4.78, 5) is 0. The molecule has 0 aliphatic rings. The number of nitrogens with zero attached hydrogens (tertiary/aromatic N) is 2. The first kappa shape index (κ1) is 14.8. The van der Waals surface area contributed by atoms with Gasteiger partial charge in [0.2, 0.25) is 0 Å². The summed E-state index contributed by atoms with van der Waals surface area (Å²) in [5.74, 6) is 0. The largest absolute Gasteiger partial charge is 0.303 e. The summed E-state index contributed by atoms with van der Waals surface area (Å²) in [6.07, 6.45) is 8.18. The van der Waals surface area contributed by atoms with Gasteiger partial charge in [-0.3, -0.25) is 0 Å². The lowest BCUT2D eigenvalue weighted by molar-refractivity contribution is 0.439. The number of hydrazone groups is 1. The van der Waals surface area contributed by atoms with E-state index < -0.39 is 0 Å². The summed E-state index contributed by atoms with van der Waals surface area (Å²) < 4.78 is 0. The van der Waals surface area contributed by atoms with Crippen LogP contribution in [0.4, 0.5) is 0 Å². The van der Waals surface area contributed by atoms with Crippen LogP contribution in [0.1, 0.15) is 11.1 Å². The van der Waals surface area contributed by atoms with Crippen LogP contribution in [0.2, 0.25) is 0 Å². The number of rotatable bonds is 5. The molecule has 2 aromatic rings. The number of hydrogen-bond acceptors (Lipinski definition) is 2. The maximum atomic E-state index is 4.48. The Kier molecular flexibility index (Phi) is 5.53. The summed E-state index contributed by atoms with van der Waals surface area (Å²) in [6, 6.07) is 20.4. The van der Waals surface area contributed by atoms with Gasteiger partial charge in [0.1, 0.15) is 0 Å². The van der Waals surface area contributed by atoms with E-state index in [1.54, 1.807) is 5.01 Å². The van der Waals surface area contributed by atoms with E-state index in [9.17, 15) is 0 Å². The van der Waals surface area contributed by atoms with Crippen LogP contribution in [0, 0.1) is 0 Å². The van der Waals surface area contributed by atoms with Crippen LogP contribution < -0.4 is 0 Å². The maximum absolute atomic E-state index is 4.48. The predicted molar refractivity (Wildman–Crippen MR) is 92.1 cm³/mol. The molecule has 21 heavy (non-hydrogen) atoms. The molecule has 0 radical (unpaired) electrons. The Labute approximate surface area is 126 Å². The van der Waals surface area contributed by atoms with E-state index in [2.05, 4.69) is 41.5 Å². The van der Waals surface area contributed by atoms with Crippen molar-refractivity contribution in [3.63, 3.8) is 0 Å². The Hall–Kier alpha value is -2.61. The van der Waals surface area contributed by atoms with Crippen LogP contribution >= 0.6 is 0 Å². The highest BCUT2D eigenvalue weighted by Crippen LogP contribution is 2.05. The van der Waals surface area contributed by atoms with Gasteiger partial charge in [-0.1, -0.05) is 72.8 Å². The van der Waals surface area contributed by atoms with E-state index in [0.29, 0.717) is 0 Å². The average molecular weight is 276 g/mol. The lowest BCUT2D eigenvalue weighted by atomic mass is 10.1. The van der Waals surface area contributed by atoms with Gasteiger partial charge in [0.05, 0.1) is 5.71 Å². The third-order valence-corrected chi connectivity index (χ3v) is 2.81. The molecule has 2 aromatic carbocycles. The zero-order valence-electron chi connectivity index (χ0n) is 12.5. The molecule has 106 valence electrons. The molecule has 0 bridgehead atoms. The lowest BCUT2D eigenvalue weighted by Crippen LogP contribution is -2.05. The highest BCUT2D eigenvalue weighted by Gasteiger charge is 1.92. The first-order chi connectivity index (χ1) is 10.2. The van der Waals surface area contributed by atoms with E-state index in [0.717, 1.165) is 16.8 Å². The molecular weight excluding hydrogens is 256 g/mol. The van der Waals surface area contributed by atoms with E-state index >= 15 is 0 Å². The van der Waals surface area contributed by atoms with Crippen molar-refractivity contribution in [3.05, 3.63) is 83.9 Å². The molecule has 0 unspecified atom stereocenters. The summed E-state index contributed by atoms with van der Waals surface area (Å²) in [5, 5.41) is 6.29. The summed E-state index contributed by atoms with van der Waals surface area (Å²) in [7, 11) is 3.85. The molecule has 0 amide bonds. The van der Waals surface area contributed by atoms with Crippen LogP contribution in [0.3, 0.4) is 0 Å². The molecule has 0 saturated heterocycles. The van der Waals surface area contributed by atoms with Crippen LogP contribution in [-0.4, -0.2) is 24.8 Å². The molecule has 2 heteroatoms. The number of hydrogen-bond donors (Lipinski definition) is 0. The number of benzene rings is 2. The Balaban J connectivity index is 2.16. The van der Waals surface area contributed by atoms with Gasteiger partial charge in [0, 0.05) is 14.1 Å². The van der Waals surface area contributed by atoms with Gasteiger partial charge >= 0.3 is 0 Å². The Morgan fingerprint density at radius 3 is 1.57 bits per heavy atom. The second-order valence-electron chi connectivity index (χ2n) is 4.86. The zero-order chi connectivity index (χ0) is 14.9. The molecule has 2 rings (SSSR count). The first-order valence-corrected chi connectivity index (χ1v) is 6.96. The van der Waals surface area contributed by atoms with Crippen molar-refractivity contribution in [2.45, 2.75) is 0 Å². The van der Waals surface area contributed by atoms with Crippen LogP contribution in [0.25, 0.3) is 12.2 Å². The summed E-state index contributed by atoms with van der Waals surface area (Å²) >= 11 is 0. The van der Waals surface area contributed by atoms with E-state index in [4.69, 9.17) is 0 Å². The summed E-state index contributed by atoms with van der Waals surface area (Å²) in [6.45, 7) is 0. The SMILES string of the molecule is CN(C)N=C(/C=C/c1ccccc1)/C=C/c1ccccc1. The molecule has 0 heterocycles. The third kappa shape index (κ3) is 5.49. The highest BCUT2D eigenvalue weighted by atomic mass is 15.4. The maximum Gasteiger partial charge on any atom is 0.0831 e. The second-order valence-corrected chi connectivity index (χ2v) is 4.86. The smallest absolute Gasteiger partial charge is 0.0831 e. The fraction of sp³-hybridized carbons (Fsp3) is 0.105. The Morgan fingerprint density at radius 1 is 0.762 bits per heavy atom. The van der Waals surface area contributed by atoms with Crippen molar-refractivity contribution in [3.8, 4) is 0 Å². The van der Waals surface area contributed by atoms with Crippen molar-refractivity contribution in [1.29, 1.82) is 0 Å². The van der Waals surface area contributed by atoms with Crippen molar-refractivity contribution >= 4 is 17.9 Å². The zero-order valence-corrected chi connectivity index (χ0v) is 12.5. The van der Waals surface area contributed by atoms with Crippen LogP contribution in [-0.2, 0) is 0 Å². The van der Waals surface area contributed by atoms with Crippen molar-refractivity contribution in [1.82, 2.24) is 5.01 Å². The van der Waals surface area contributed by atoms with E-state index in [1.165, 1.54) is 0 Å². The quantitative estimate of drug-likeness (QED) is 0.586. The fourth-order valence-corrected chi connectivity index (χ4v) is 1.84. The fourth-order valence-electron chi connectivity index (χ4n) is 1.84. The minimum Gasteiger partial charge on any atom is -0.303 e. The Bertz CT molecular complexity index is 572. The minimum absolute atomic E-state index is 0.910. The molecule has 0 saturated carbocycles. The van der Waals surface area contributed by atoms with Gasteiger partial charge in [0.15, 0.2) is 0 Å². The number of allylic oxidation sites excluding steroid dienone is 2. The molecule has 0 spiro atoms. The monoisotopic (exact) mass is 276 g/mol. The molecule has 0 N–H and O–H groups in total. The van der Waals surface area contributed by atoms with E-state index in [-0.39, 0.29) is 0 Å². The van der Waals surface area contributed by atoms with Crippen LogP contribution in [0.5, 0.6) is 0 Å². The van der Waals surface area contributed by atoms with Crippen LogP contribution in [0.15, 0.2) is 77.9 Å².